The summed E-state index contributed by atoms with van der Waals surface area (Å²) in [6.45, 7) is 4.03. The summed E-state index contributed by atoms with van der Waals surface area (Å²) in [5, 5.41) is 19.0. The van der Waals surface area contributed by atoms with E-state index >= 15 is 0 Å². The van der Waals surface area contributed by atoms with Crippen molar-refractivity contribution in [3.8, 4) is 0 Å². The normalized spacial score (nSPS) is 22.0. The van der Waals surface area contributed by atoms with Crippen LogP contribution in [0.2, 0.25) is 0 Å². The molecule has 0 spiro atoms. The van der Waals surface area contributed by atoms with Crippen LogP contribution in [0.4, 0.5) is 0 Å². The van der Waals surface area contributed by atoms with Crippen molar-refractivity contribution >= 4 is 5.97 Å². The van der Waals surface area contributed by atoms with E-state index in [1.807, 2.05) is 25.2 Å². The highest BCUT2D eigenvalue weighted by atomic mass is 16.6. The van der Waals surface area contributed by atoms with Gasteiger partial charge in [0, 0.05) is 6.42 Å². The fourth-order valence-electron chi connectivity index (χ4n) is 2.95. The lowest BCUT2D eigenvalue weighted by Crippen LogP contribution is -2.19. The Balaban J connectivity index is 2.10. The SMILES string of the molecule is CCCCC/C=C\C/C=C\CC(C)(O)/C=C/C1OC1CCCCCC(=O)O. The van der Waals surface area contributed by atoms with E-state index in [2.05, 4.69) is 25.2 Å². The molecule has 0 aromatic heterocycles. The summed E-state index contributed by atoms with van der Waals surface area (Å²) >= 11 is 0. The zero-order valence-electron chi connectivity index (χ0n) is 17.1. The summed E-state index contributed by atoms with van der Waals surface area (Å²) in [6.07, 6.45) is 23.1. The predicted molar refractivity (Wildman–Crippen MR) is 111 cm³/mol. The maximum absolute atomic E-state index is 10.4. The van der Waals surface area contributed by atoms with Crippen LogP contribution < -0.4 is 0 Å². The summed E-state index contributed by atoms with van der Waals surface area (Å²) in [5.74, 6) is -0.724. The topological polar surface area (TPSA) is 70.1 Å². The number of aliphatic carboxylic acids is 1. The van der Waals surface area contributed by atoms with E-state index < -0.39 is 11.6 Å². The van der Waals surface area contributed by atoms with Gasteiger partial charge >= 0.3 is 5.97 Å². The fraction of sp³-hybridized carbons (Fsp3) is 0.696. The Labute approximate surface area is 165 Å². The van der Waals surface area contributed by atoms with Gasteiger partial charge in [0.05, 0.1) is 11.7 Å². The minimum absolute atomic E-state index is 0.103. The zero-order chi connectivity index (χ0) is 20.0. The summed E-state index contributed by atoms with van der Waals surface area (Å²) < 4.78 is 5.60. The molecule has 0 aromatic carbocycles. The molecule has 1 aliphatic rings. The van der Waals surface area contributed by atoms with E-state index in [0.717, 1.165) is 38.5 Å². The van der Waals surface area contributed by atoms with E-state index in [9.17, 15) is 9.90 Å². The zero-order valence-corrected chi connectivity index (χ0v) is 17.1. The predicted octanol–water partition coefficient (Wildman–Crippen LogP) is 5.57. The molecule has 0 aliphatic carbocycles. The molecule has 3 unspecified atom stereocenters. The summed E-state index contributed by atoms with van der Waals surface area (Å²) in [6, 6.07) is 0. The standard InChI is InChI=1S/C23H38O4/c1-3-4-5-6-7-8-9-10-14-18-23(2,26)19-17-21-20(27-21)15-12-11-13-16-22(24)25/h7-8,10,14,17,19-21,26H,3-6,9,11-13,15-16,18H2,1-2H3,(H,24,25)/b8-7-,14-10-,19-17+. The van der Waals surface area contributed by atoms with Crippen LogP contribution >= 0.6 is 0 Å². The summed E-state index contributed by atoms with van der Waals surface area (Å²) in [5.41, 5.74) is -0.848. The molecule has 1 fully saturated rings. The first-order valence-electron chi connectivity index (χ1n) is 10.5. The van der Waals surface area contributed by atoms with Crippen molar-refractivity contribution in [3.05, 3.63) is 36.5 Å². The number of carboxylic acids is 1. The van der Waals surface area contributed by atoms with Crippen molar-refractivity contribution in [1.82, 2.24) is 0 Å². The number of rotatable bonds is 16. The average Bonchev–Trinajstić information content (AvgIpc) is 3.36. The maximum Gasteiger partial charge on any atom is 0.303 e. The average molecular weight is 379 g/mol. The Bertz CT molecular complexity index is 491. The van der Waals surface area contributed by atoms with Crippen LogP contribution in [0.3, 0.4) is 0 Å². The van der Waals surface area contributed by atoms with Gasteiger partial charge in [-0.1, -0.05) is 69.1 Å². The number of carboxylic acid groups (broad SMARTS) is 1. The van der Waals surface area contributed by atoms with Crippen molar-refractivity contribution < 1.29 is 19.7 Å². The van der Waals surface area contributed by atoms with Gasteiger partial charge in [0.15, 0.2) is 0 Å². The van der Waals surface area contributed by atoms with Crippen LogP contribution in [-0.2, 0) is 9.53 Å². The van der Waals surface area contributed by atoms with E-state index in [4.69, 9.17) is 9.84 Å². The molecule has 1 rings (SSSR count). The highest BCUT2D eigenvalue weighted by Crippen LogP contribution is 2.29. The van der Waals surface area contributed by atoms with Crippen molar-refractivity contribution in [1.29, 1.82) is 0 Å². The first-order valence-corrected chi connectivity index (χ1v) is 10.5. The molecule has 3 atom stereocenters. The van der Waals surface area contributed by atoms with Gasteiger partial charge in [-0.2, -0.15) is 0 Å². The molecule has 0 aromatic rings. The second kappa shape index (κ2) is 13.7. The Hall–Kier alpha value is -1.39. The molecule has 0 saturated carbocycles. The molecule has 1 heterocycles. The molecule has 2 N–H and O–H groups in total. The van der Waals surface area contributed by atoms with E-state index in [0.29, 0.717) is 6.42 Å². The first kappa shape index (κ1) is 23.6. The van der Waals surface area contributed by atoms with Gasteiger partial charge in [0.2, 0.25) is 0 Å². The van der Waals surface area contributed by atoms with Gasteiger partial charge in [-0.25, -0.2) is 0 Å². The van der Waals surface area contributed by atoms with Gasteiger partial charge in [-0.3, -0.25) is 4.79 Å². The molecule has 1 aliphatic heterocycles. The number of unbranched alkanes of at least 4 members (excludes halogenated alkanes) is 5. The van der Waals surface area contributed by atoms with Crippen molar-refractivity contribution in [2.75, 3.05) is 0 Å². The number of epoxide rings is 1. The third-order valence-electron chi connectivity index (χ3n) is 4.76. The van der Waals surface area contributed by atoms with Crippen molar-refractivity contribution in [3.63, 3.8) is 0 Å². The van der Waals surface area contributed by atoms with Gasteiger partial charge in [-0.05, 0) is 45.4 Å². The van der Waals surface area contributed by atoms with Crippen LogP contribution in [-0.4, -0.2) is 34.0 Å². The number of hydrogen-bond acceptors (Lipinski definition) is 3. The monoisotopic (exact) mass is 378 g/mol. The number of allylic oxidation sites excluding steroid dienone is 3. The molecule has 154 valence electrons. The summed E-state index contributed by atoms with van der Waals surface area (Å²) in [7, 11) is 0. The quantitative estimate of drug-likeness (QED) is 0.209. The van der Waals surface area contributed by atoms with Crippen LogP contribution in [0.15, 0.2) is 36.5 Å². The highest BCUT2D eigenvalue weighted by molar-refractivity contribution is 5.66. The van der Waals surface area contributed by atoms with E-state index in [1.54, 1.807) is 0 Å². The second-order valence-corrected chi connectivity index (χ2v) is 7.73. The van der Waals surface area contributed by atoms with Crippen molar-refractivity contribution in [2.45, 2.75) is 102 Å². The number of ether oxygens (including phenoxy) is 1. The minimum Gasteiger partial charge on any atom is -0.481 e. The lowest BCUT2D eigenvalue weighted by molar-refractivity contribution is -0.137. The molecule has 4 heteroatoms. The van der Waals surface area contributed by atoms with Gasteiger partial charge in [0.1, 0.15) is 6.10 Å². The molecule has 0 bridgehead atoms. The third kappa shape index (κ3) is 13.4. The van der Waals surface area contributed by atoms with E-state index in [-0.39, 0.29) is 18.6 Å². The molecular weight excluding hydrogens is 340 g/mol. The largest absolute Gasteiger partial charge is 0.481 e. The van der Waals surface area contributed by atoms with Crippen molar-refractivity contribution in [2.24, 2.45) is 0 Å². The lowest BCUT2D eigenvalue weighted by atomic mass is 10.00. The molecule has 0 radical (unpaired) electrons. The first-order chi connectivity index (χ1) is 12.9. The number of carbonyl (C=O) groups is 1. The smallest absolute Gasteiger partial charge is 0.303 e. The van der Waals surface area contributed by atoms with Crippen LogP contribution in [0, 0.1) is 0 Å². The third-order valence-corrected chi connectivity index (χ3v) is 4.76. The van der Waals surface area contributed by atoms with E-state index in [1.165, 1.54) is 19.3 Å². The Morgan fingerprint density at radius 1 is 1.07 bits per heavy atom. The highest BCUT2D eigenvalue weighted by Gasteiger charge is 2.36. The second-order valence-electron chi connectivity index (χ2n) is 7.73. The fourth-order valence-corrected chi connectivity index (χ4v) is 2.95. The number of hydrogen-bond donors (Lipinski definition) is 2. The minimum atomic E-state index is -0.848. The Kier molecular flexibility index (Phi) is 12.0. The van der Waals surface area contributed by atoms with Gasteiger partial charge < -0.3 is 14.9 Å². The maximum atomic E-state index is 10.4. The molecule has 27 heavy (non-hydrogen) atoms. The lowest BCUT2D eigenvalue weighted by Gasteiger charge is -2.16. The molecular formula is C23H38O4. The van der Waals surface area contributed by atoms with Crippen LogP contribution in [0.5, 0.6) is 0 Å². The molecule has 4 nitrogen and oxygen atoms in total. The van der Waals surface area contributed by atoms with Gasteiger partial charge in [0.25, 0.3) is 0 Å². The molecule has 0 amide bonds. The van der Waals surface area contributed by atoms with Crippen LogP contribution in [0.1, 0.15) is 84.5 Å². The number of aliphatic hydroxyl groups is 1. The van der Waals surface area contributed by atoms with Crippen LogP contribution in [0.25, 0.3) is 0 Å². The van der Waals surface area contributed by atoms with Gasteiger partial charge in [-0.15, -0.1) is 0 Å². The Morgan fingerprint density at radius 2 is 1.85 bits per heavy atom. The molecule has 1 saturated heterocycles. The summed E-state index contributed by atoms with van der Waals surface area (Å²) in [4.78, 5) is 10.4. The Morgan fingerprint density at radius 3 is 2.59 bits per heavy atom.